The first kappa shape index (κ1) is 25.7. The number of rotatable bonds is 11. The summed E-state index contributed by atoms with van der Waals surface area (Å²) in [7, 11) is -1.21. The molecule has 3 aromatic rings. The van der Waals surface area contributed by atoms with E-state index in [1.165, 1.54) is 32.4 Å². The van der Waals surface area contributed by atoms with Crippen molar-refractivity contribution in [1.29, 1.82) is 0 Å². The van der Waals surface area contributed by atoms with E-state index in [1.807, 2.05) is 6.07 Å². The van der Waals surface area contributed by atoms with Crippen molar-refractivity contribution < 1.29 is 27.5 Å². The van der Waals surface area contributed by atoms with Crippen LogP contribution in [0, 0.1) is 0 Å². The maximum atomic E-state index is 13.5. The number of ether oxygens (including phenoxy) is 2. The molecule has 0 fully saturated rings. The average Bonchev–Trinajstić information content (AvgIpc) is 2.84. The van der Waals surface area contributed by atoms with E-state index < -0.39 is 28.4 Å². The number of nitrogens with zero attached hydrogens (tertiary/aromatic N) is 1. The van der Waals surface area contributed by atoms with Crippen LogP contribution in [0.2, 0.25) is 0 Å². The van der Waals surface area contributed by atoms with Crippen LogP contribution in [0.3, 0.4) is 0 Å². The fraction of sp³-hybridized carbons (Fsp3) is 0.200. The van der Waals surface area contributed by atoms with Gasteiger partial charge in [-0.3, -0.25) is 9.59 Å². The first-order valence-electron chi connectivity index (χ1n) is 10.7. The van der Waals surface area contributed by atoms with E-state index in [2.05, 4.69) is 5.32 Å². The topological polar surface area (TPSA) is 128 Å². The third kappa shape index (κ3) is 6.81. The molecule has 0 aliphatic rings. The number of hydrogen-bond acceptors (Lipinski definition) is 6. The molecule has 0 saturated carbocycles. The molecule has 9 nitrogen and oxygen atoms in total. The van der Waals surface area contributed by atoms with E-state index in [4.69, 9.17) is 15.2 Å². The fourth-order valence-electron chi connectivity index (χ4n) is 3.41. The monoisotopic (exact) mass is 497 g/mol. The molecule has 0 aliphatic carbocycles. The summed E-state index contributed by atoms with van der Waals surface area (Å²) in [4.78, 5) is 23.9. The van der Waals surface area contributed by atoms with Gasteiger partial charge >= 0.3 is 0 Å². The number of hydrogen-bond donors (Lipinski definition) is 2. The predicted molar refractivity (Wildman–Crippen MR) is 132 cm³/mol. The highest BCUT2D eigenvalue weighted by Crippen LogP contribution is 2.31. The number of sulfonamides is 1. The van der Waals surface area contributed by atoms with Crippen LogP contribution in [-0.2, 0) is 32.6 Å². The maximum absolute atomic E-state index is 13.5. The lowest BCUT2D eigenvalue weighted by atomic mass is 10.1. The Hall–Kier alpha value is -3.89. The number of anilines is 1. The summed E-state index contributed by atoms with van der Waals surface area (Å²) in [6.45, 7) is -0.433. The summed E-state index contributed by atoms with van der Waals surface area (Å²) in [6, 6.07) is 19.8. The highest BCUT2D eigenvalue weighted by molar-refractivity contribution is 7.89. The molecule has 3 N–H and O–H groups in total. The number of amides is 2. The second kappa shape index (κ2) is 11.5. The first-order chi connectivity index (χ1) is 16.7. The molecular weight excluding hydrogens is 470 g/mol. The van der Waals surface area contributed by atoms with Crippen molar-refractivity contribution in [2.24, 2.45) is 5.73 Å². The van der Waals surface area contributed by atoms with Crippen LogP contribution >= 0.6 is 0 Å². The molecule has 0 unspecified atom stereocenters. The van der Waals surface area contributed by atoms with Gasteiger partial charge in [0.1, 0.15) is 0 Å². The average molecular weight is 498 g/mol. The Kier molecular flexibility index (Phi) is 8.45. The van der Waals surface area contributed by atoms with Crippen LogP contribution in [0.25, 0.3) is 0 Å². The van der Waals surface area contributed by atoms with Gasteiger partial charge in [0.15, 0.2) is 11.5 Å². The molecule has 0 aromatic heterocycles. The highest BCUT2D eigenvalue weighted by Gasteiger charge is 2.28. The third-order valence-corrected chi connectivity index (χ3v) is 6.92. The summed E-state index contributed by atoms with van der Waals surface area (Å²) in [5.41, 5.74) is 7.09. The van der Waals surface area contributed by atoms with Gasteiger partial charge in [-0.15, -0.1) is 0 Å². The van der Waals surface area contributed by atoms with Crippen molar-refractivity contribution in [1.82, 2.24) is 4.31 Å². The van der Waals surface area contributed by atoms with Crippen LogP contribution in [0.15, 0.2) is 77.7 Å². The Labute approximate surface area is 204 Å². The van der Waals surface area contributed by atoms with Gasteiger partial charge in [0.25, 0.3) is 0 Å². The summed E-state index contributed by atoms with van der Waals surface area (Å²) >= 11 is 0. The van der Waals surface area contributed by atoms with Crippen molar-refractivity contribution >= 4 is 27.5 Å². The quantitative estimate of drug-likeness (QED) is 0.419. The number of nitrogens with one attached hydrogen (secondary N) is 1. The minimum atomic E-state index is -4.08. The fourth-order valence-corrected chi connectivity index (χ4v) is 4.81. The molecule has 3 rings (SSSR count). The van der Waals surface area contributed by atoms with Gasteiger partial charge in [-0.25, -0.2) is 8.42 Å². The molecule has 3 aromatic carbocycles. The Morgan fingerprint density at radius 1 is 0.886 bits per heavy atom. The van der Waals surface area contributed by atoms with Crippen LogP contribution < -0.4 is 20.5 Å². The summed E-state index contributed by atoms with van der Waals surface area (Å²) in [5.74, 6) is -0.335. The number of methoxy groups -OCH3 is 2. The molecule has 0 heterocycles. The molecule has 184 valence electrons. The predicted octanol–water partition coefficient (Wildman–Crippen LogP) is 2.56. The van der Waals surface area contributed by atoms with Crippen LogP contribution in [0.1, 0.15) is 11.1 Å². The summed E-state index contributed by atoms with van der Waals surface area (Å²) in [5, 5.41) is 2.70. The molecule has 0 saturated heterocycles. The third-order valence-electron chi connectivity index (χ3n) is 5.13. The van der Waals surface area contributed by atoms with E-state index in [1.54, 1.807) is 48.5 Å². The van der Waals surface area contributed by atoms with Gasteiger partial charge in [0.2, 0.25) is 21.8 Å². The molecular formula is C25H27N3O6S. The Morgan fingerprint density at radius 2 is 1.54 bits per heavy atom. The van der Waals surface area contributed by atoms with Gasteiger partial charge in [0, 0.05) is 18.3 Å². The van der Waals surface area contributed by atoms with Crippen LogP contribution in [0.5, 0.6) is 11.5 Å². The Morgan fingerprint density at radius 3 is 2.14 bits per heavy atom. The standard InChI is InChI=1S/C25H27N3O6S/c1-33-22-13-12-21(15-23(22)34-2)35(31,32)28(16-19-6-4-3-5-7-19)17-25(30)27-20-10-8-18(9-11-20)14-24(26)29/h3-13,15H,14,16-17H2,1-2H3,(H2,26,29)(H,27,30). The minimum Gasteiger partial charge on any atom is -0.493 e. The molecule has 2 amide bonds. The van der Waals surface area contributed by atoms with Gasteiger partial charge < -0.3 is 20.5 Å². The largest absolute Gasteiger partial charge is 0.493 e. The van der Waals surface area contributed by atoms with E-state index in [0.717, 1.165) is 9.87 Å². The molecule has 0 aliphatic heterocycles. The molecule has 10 heteroatoms. The van der Waals surface area contributed by atoms with Crippen LogP contribution in [0.4, 0.5) is 5.69 Å². The number of benzene rings is 3. The number of nitrogens with two attached hydrogens (primary N) is 1. The van der Waals surface area contributed by atoms with Gasteiger partial charge in [-0.2, -0.15) is 4.31 Å². The number of carbonyl (C=O) groups excluding carboxylic acids is 2. The Balaban J connectivity index is 1.85. The van der Waals surface area contributed by atoms with E-state index >= 15 is 0 Å². The van der Waals surface area contributed by atoms with Crippen molar-refractivity contribution in [3.63, 3.8) is 0 Å². The van der Waals surface area contributed by atoms with Gasteiger partial charge in [-0.1, -0.05) is 42.5 Å². The summed E-state index contributed by atoms with van der Waals surface area (Å²) in [6.07, 6.45) is 0.0860. The van der Waals surface area contributed by atoms with Gasteiger partial charge in [0.05, 0.1) is 32.1 Å². The van der Waals surface area contributed by atoms with E-state index in [-0.39, 0.29) is 23.6 Å². The second-order valence-electron chi connectivity index (χ2n) is 7.66. The lowest BCUT2D eigenvalue weighted by molar-refractivity contribution is -0.117. The zero-order chi connectivity index (χ0) is 25.4. The minimum absolute atomic E-state index is 0.0114. The SMILES string of the molecule is COc1ccc(S(=O)(=O)N(CC(=O)Nc2ccc(CC(N)=O)cc2)Cc2ccccc2)cc1OC. The molecule has 0 atom stereocenters. The molecule has 0 spiro atoms. The molecule has 0 bridgehead atoms. The number of primary amides is 1. The molecule has 0 radical (unpaired) electrons. The Bertz CT molecular complexity index is 1280. The maximum Gasteiger partial charge on any atom is 0.243 e. The zero-order valence-electron chi connectivity index (χ0n) is 19.4. The van der Waals surface area contributed by atoms with Crippen LogP contribution in [-0.4, -0.2) is 45.3 Å². The lowest BCUT2D eigenvalue weighted by Crippen LogP contribution is -2.37. The van der Waals surface area contributed by atoms with Crippen molar-refractivity contribution in [2.75, 3.05) is 26.1 Å². The zero-order valence-corrected chi connectivity index (χ0v) is 20.2. The lowest BCUT2D eigenvalue weighted by Gasteiger charge is -2.22. The second-order valence-corrected chi connectivity index (χ2v) is 9.60. The van der Waals surface area contributed by atoms with Crippen molar-refractivity contribution in [3.8, 4) is 11.5 Å². The molecule has 35 heavy (non-hydrogen) atoms. The smallest absolute Gasteiger partial charge is 0.243 e. The van der Waals surface area contributed by atoms with Crippen molar-refractivity contribution in [2.45, 2.75) is 17.9 Å². The normalized spacial score (nSPS) is 11.2. The van der Waals surface area contributed by atoms with E-state index in [9.17, 15) is 18.0 Å². The van der Waals surface area contributed by atoms with Gasteiger partial charge in [-0.05, 0) is 35.4 Å². The summed E-state index contributed by atoms with van der Waals surface area (Å²) < 4.78 is 38.6. The van der Waals surface area contributed by atoms with Crippen molar-refractivity contribution in [3.05, 3.63) is 83.9 Å². The van der Waals surface area contributed by atoms with E-state index in [0.29, 0.717) is 17.0 Å². The number of carbonyl (C=O) groups is 2. The first-order valence-corrected chi connectivity index (χ1v) is 12.1. The highest BCUT2D eigenvalue weighted by atomic mass is 32.2.